The second-order valence-electron chi connectivity index (χ2n) is 9.66. The zero-order valence-electron chi connectivity index (χ0n) is 23.3. The average molecular weight is 559 g/mol. The van der Waals surface area contributed by atoms with Gasteiger partial charge in [-0.15, -0.1) is 0 Å². The van der Waals surface area contributed by atoms with Gasteiger partial charge in [0.15, 0.2) is 11.6 Å². The maximum Gasteiger partial charge on any atom is 0.167 e. The van der Waals surface area contributed by atoms with Gasteiger partial charge in [0.2, 0.25) is 0 Å². The number of Topliss-reactive ketones (excluding diaryl/α,β-unsaturated/α-hetero) is 2. The summed E-state index contributed by atoms with van der Waals surface area (Å²) in [6.07, 6.45) is 0.412. The maximum atomic E-state index is 12.2. The average Bonchev–Trinajstić information content (AvgIpc) is 2.98. The van der Waals surface area contributed by atoms with Gasteiger partial charge in [-0.2, -0.15) is 0 Å². The lowest BCUT2D eigenvalue weighted by atomic mass is 10.0. The molecule has 0 aliphatic rings. The quantitative estimate of drug-likeness (QED) is 0.202. The zero-order valence-corrected chi connectivity index (χ0v) is 24.1. The van der Waals surface area contributed by atoms with Crippen molar-refractivity contribution < 1.29 is 9.59 Å². The number of ketones is 2. The normalized spacial score (nSPS) is 10.2. The van der Waals surface area contributed by atoms with Gasteiger partial charge in [0.25, 0.3) is 0 Å². The van der Waals surface area contributed by atoms with Crippen molar-refractivity contribution in [3.8, 4) is 0 Å². The number of hydrogen-bond acceptors (Lipinski definition) is 4. The molecule has 6 aromatic rings. The van der Waals surface area contributed by atoms with Crippen LogP contribution in [0.3, 0.4) is 0 Å². The molecule has 4 aromatic carbocycles. The molecule has 0 spiro atoms. The molecule has 0 fully saturated rings. The Hall–Kier alpha value is -4.67. The van der Waals surface area contributed by atoms with E-state index in [-0.39, 0.29) is 11.6 Å². The Morgan fingerprint density at radius 3 is 1.63 bits per heavy atom. The summed E-state index contributed by atoms with van der Waals surface area (Å²) in [5, 5.41) is 2.97. The highest BCUT2D eigenvalue weighted by atomic mass is 35.5. The van der Waals surface area contributed by atoms with Gasteiger partial charge in [-0.05, 0) is 56.7 Å². The molecule has 0 aliphatic heterocycles. The van der Waals surface area contributed by atoms with Crippen LogP contribution in [0.5, 0.6) is 0 Å². The predicted molar refractivity (Wildman–Crippen MR) is 169 cm³/mol. The molecular formula is C36H31ClN2O2. The van der Waals surface area contributed by atoms with Gasteiger partial charge in [-0.25, -0.2) is 0 Å². The molecule has 0 amide bonds. The highest BCUT2D eigenvalue weighted by molar-refractivity contribution is 6.31. The van der Waals surface area contributed by atoms with E-state index in [2.05, 4.69) is 16.0 Å². The van der Waals surface area contributed by atoms with Crippen LogP contribution in [0.4, 0.5) is 0 Å². The summed E-state index contributed by atoms with van der Waals surface area (Å²) < 4.78 is 0. The highest BCUT2D eigenvalue weighted by Crippen LogP contribution is 2.18. The van der Waals surface area contributed by atoms with E-state index in [1.807, 2.05) is 129 Å². The molecule has 41 heavy (non-hydrogen) atoms. The SMILES string of the molecule is CC(=O)c1ccccc1.Cc1ccc2ccc(CC(=O)c3ccccc3)cc2n1.Cc1ccc2ccc(Cl)cc2n1. The Bertz CT molecular complexity index is 1750. The minimum atomic E-state index is 0.121. The third kappa shape index (κ3) is 8.66. The molecule has 0 atom stereocenters. The Morgan fingerprint density at radius 2 is 1.10 bits per heavy atom. The van der Waals surface area contributed by atoms with Gasteiger partial charge < -0.3 is 0 Å². The van der Waals surface area contributed by atoms with Crippen LogP contribution in [-0.2, 0) is 6.42 Å². The Labute approximate surface area is 245 Å². The summed E-state index contributed by atoms with van der Waals surface area (Å²) in [7, 11) is 0. The van der Waals surface area contributed by atoms with Crippen LogP contribution in [0.25, 0.3) is 21.8 Å². The summed E-state index contributed by atoms with van der Waals surface area (Å²) >= 11 is 5.83. The van der Waals surface area contributed by atoms with E-state index < -0.39 is 0 Å². The van der Waals surface area contributed by atoms with Crippen molar-refractivity contribution in [2.24, 2.45) is 0 Å². The van der Waals surface area contributed by atoms with Crippen LogP contribution in [0.1, 0.15) is 44.6 Å². The molecule has 0 saturated carbocycles. The standard InChI is InChI=1S/C18H15NO.C10H8ClN.C8H8O/c1-13-7-9-15-10-8-14(11-17(15)19-13)12-18(20)16-5-3-2-4-6-16;1-7-2-3-8-4-5-9(11)6-10(8)12-7;1-7(9)8-5-3-2-4-6-8/h2-11H,12H2,1H3;2-6H,1H3;2-6H,1H3. The van der Waals surface area contributed by atoms with Crippen molar-refractivity contribution in [1.82, 2.24) is 9.97 Å². The van der Waals surface area contributed by atoms with Gasteiger partial charge in [-0.1, -0.05) is 103 Å². The van der Waals surface area contributed by atoms with Crippen LogP contribution in [0, 0.1) is 13.8 Å². The first-order valence-electron chi connectivity index (χ1n) is 13.3. The van der Waals surface area contributed by atoms with Crippen molar-refractivity contribution >= 4 is 45.0 Å². The number of hydrogen-bond donors (Lipinski definition) is 0. The number of nitrogens with zero attached hydrogens (tertiary/aromatic N) is 2. The molecule has 0 aliphatic carbocycles. The van der Waals surface area contributed by atoms with Gasteiger partial charge in [-0.3, -0.25) is 19.6 Å². The van der Waals surface area contributed by atoms with Crippen LogP contribution in [0.2, 0.25) is 5.02 Å². The maximum absolute atomic E-state index is 12.2. The number of aromatic nitrogens is 2. The van der Waals surface area contributed by atoms with Crippen molar-refractivity contribution in [3.05, 3.63) is 154 Å². The van der Waals surface area contributed by atoms with Crippen LogP contribution in [-0.4, -0.2) is 21.5 Å². The van der Waals surface area contributed by atoms with E-state index in [0.717, 1.165) is 54.9 Å². The van der Waals surface area contributed by atoms with Crippen molar-refractivity contribution in [2.75, 3.05) is 0 Å². The number of pyridine rings is 2. The van der Waals surface area contributed by atoms with Crippen LogP contribution >= 0.6 is 11.6 Å². The number of halogens is 1. The van der Waals surface area contributed by atoms with E-state index in [9.17, 15) is 9.59 Å². The van der Waals surface area contributed by atoms with E-state index in [1.165, 1.54) is 0 Å². The Kier molecular flexibility index (Phi) is 10.1. The molecule has 0 N–H and O–H groups in total. The third-order valence-electron chi connectivity index (χ3n) is 6.33. The van der Waals surface area contributed by atoms with Crippen molar-refractivity contribution in [2.45, 2.75) is 27.2 Å². The van der Waals surface area contributed by atoms with Crippen LogP contribution in [0.15, 0.2) is 121 Å². The number of fused-ring (bicyclic) bond motifs is 2. The Morgan fingerprint density at radius 1 is 0.610 bits per heavy atom. The van der Waals surface area contributed by atoms with Gasteiger partial charge in [0.1, 0.15) is 0 Å². The number of carbonyl (C=O) groups excluding carboxylic acids is 2. The topological polar surface area (TPSA) is 59.9 Å². The number of aryl methyl sites for hydroxylation is 2. The zero-order chi connectivity index (χ0) is 29.2. The smallest absolute Gasteiger partial charge is 0.167 e. The first-order chi connectivity index (χ1) is 19.8. The number of benzene rings is 4. The Balaban J connectivity index is 0.000000156. The minimum absolute atomic E-state index is 0.121. The van der Waals surface area contributed by atoms with Crippen molar-refractivity contribution in [3.63, 3.8) is 0 Å². The fraction of sp³-hybridized carbons (Fsp3) is 0.111. The molecule has 6 rings (SSSR count). The second kappa shape index (κ2) is 14.1. The van der Waals surface area contributed by atoms with Gasteiger partial charge in [0, 0.05) is 44.7 Å². The molecule has 0 unspecified atom stereocenters. The largest absolute Gasteiger partial charge is 0.295 e. The van der Waals surface area contributed by atoms with Gasteiger partial charge in [0.05, 0.1) is 11.0 Å². The first-order valence-corrected chi connectivity index (χ1v) is 13.7. The van der Waals surface area contributed by atoms with E-state index in [4.69, 9.17) is 11.6 Å². The van der Waals surface area contributed by atoms with E-state index >= 15 is 0 Å². The monoisotopic (exact) mass is 558 g/mol. The van der Waals surface area contributed by atoms with Crippen LogP contribution < -0.4 is 0 Å². The molecule has 2 heterocycles. The molecule has 5 heteroatoms. The lowest BCUT2D eigenvalue weighted by molar-refractivity contribution is 0.0990. The summed E-state index contributed by atoms with van der Waals surface area (Å²) in [4.78, 5) is 31.7. The lowest BCUT2D eigenvalue weighted by Crippen LogP contribution is -2.03. The second-order valence-corrected chi connectivity index (χ2v) is 10.1. The van der Waals surface area contributed by atoms with E-state index in [0.29, 0.717) is 6.42 Å². The molecule has 0 radical (unpaired) electrons. The summed E-state index contributed by atoms with van der Waals surface area (Å²) in [5.74, 6) is 0.258. The number of carbonyl (C=O) groups is 2. The van der Waals surface area contributed by atoms with E-state index in [1.54, 1.807) is 6.92 Å². The minimum Gasteiger partial charge on any atom is -0.295 e. The fourth-order valence-corrected chi connectivity index (χ4v) is 4.32. The van der Waals surface area contributed by atoms with Gasteiger partial charge >= 0.3 is 0 Å². The molecule has 0 bridgehead atoms. The summed E-state index contributed by atoms with van der Waals surface area (Å²) in [5.41, 5.74) is 6.45. The molecule has 4 nitrogen and oxygen atoms in total. The summed E-state index contributed by atoms with van der Waals surface area (Å²) in [6, 6.07) is 38.5. The fourth-order valence-electron chi connectivity index (χ4n) is 4.15. The molecule has 2 aromatic heterocycles. The molecule has 0 saturated heterocycles. The lowest BCUT2D eigenvalue weighted by Gasteiger charge is -2.04. The highest BCUT2D eigenvalue weighted by Gasteiger charge is 2.07. The summed E-state index contributed by atoms with van der Waals surface area (Å²) in [6.45, 7) is 5.51. The third-order valence-corrected chi connectivity index (χ3v) is 6.56. The number of rotatable bonds is 4. The first kappa shape index (κ1) is 29.3. The predicted octanol–water partition coefficient (Wildman–Crippen LogP) is 9.05. The van der Waals surface area contributed by atoms with Crippen molar-refractivity contribution in [1.29, 1.82) is 0 Å². The molecule has 204 valence electrons. The molecular weight excluding hydrogens is 528 g/mol.